The van der Waals surface area contributed by atoms with E-state index in [1.165, 1.54) is 11.1 Å². The van der Waals surface area contributed by atoms with Gasteiger partial charge in [-0.3, -0.25) is 4.90 Å². The number of alkyl halides is 1. The summed E-state index contributed by atoms with van der Waals surface area (Å²) in [6, 6.07) is 18.3. The lowest BCUT2D eigenvalue weighted by Gasteiger charge is -2.28. The van der Waals surface area contributed by atoms with Crippen molar-refractivity contribution in [3.63, 3.8) is 0 Å². The Labute approximate surface area is 184 Å². The molecule has 0 spiro atoms. The molecule has 1 aromatic heterocycles. The lowest BCUT2D eigenvalue weighted by molar-refractivity contribution is 0.296. The molecular formula is C23H23Br2NO2. The first kappa shape index (κ1) is 21.0. The van der Waals surface area contributed by atoms with Gasteiger partial charge in [0.25, 0.3) is 0 Å². The number of hydrogen-bond donors (Lipinski definition) is 0. The fourth-order valence-corrected chi connectivity index (χ4v) is 4.11. The van der Waals surface area contributed by atoms with Crippen molar-refractivity contribution in [2.24, 2.45) is 0 Å². The van der Waals surface area contributed by atoms with Gasteiger partial charge in [-0.15, -0.1) is 17.0 Å². The molecule has 146 valence electrons. The van der Waals surface area contributed by atoms with Crippen molar-refractivity contribution in [2.75, 3.05) is 13.1 Å². The highest BCUT2D eigenvalue weighted by molar-refractivity contribution is 9.09. The topological polar surface area (TPSA) is 33.5 Å². The van der Waals surface area contributed by atoms with Crippen LogP contribution in [0, 0.1) is 0 Å². The summed E-state index contributed by atoms with van der Waals surface area (Å²) in [5.41, 5.74) is 3.34. The Bertz CT molecular complexity index is 1040. The van der Waals surface area contributed by atoms with Gasteiger partial charge in [0, 0.05) is 25.2 Å². The highest BCUT2D eigenvalue weighted by Crippen LogP contribution is 2.35. The highest BCUT2D eigenvalue weighted by atomic mass is 79.9. The van der Waals surface area contributed by atoms with E-state index in [9.17, 15) is 4.79 Å². The fraction of sp³-hybridized carbons (Fsp3) is 0.261. The van der Waals surface area contributed by atoms with Gasteiger partial charge in [-0.2, -0.15) is 0 Å². The molecule has 2 aromatic carbocycles. The average Bonchev–Trinajstić information content (AvgIpc) is 2.69. The van der Waals surface area contributed by atoms with Crippen LogP contribution in [0.25, 0.3) is 16.3 Å². The summed E-state index contributed by atoms with van der Waals surface area (Å²) in [5, 5.41) is 1.62. The summed E-state index contributed by atoms with van der Waals surface area (Å²) in [5.74, 6) is 0.714. The Morgan fingerprint density at radius 2 is 1.75 bits per heavy atom. The summed E-state index contributed by atoms with van der Waals surface area (Å²) in [6.07, 6.45) is 3.29. The SMILES string of the molecule is Br.CC(Br)c1oc(=O)c2ccccc2c1C1=CCCN(Cc2ccccc2)C1. The summed E-state index contributed by atoms with van der Waals surface area (Å²) >= 11 is 3.62. The third kappa shape index (κ3) is 4.32. The minimum Gasteiger partial charge on any atom is -0.426 e. The maximum Gasteiger partial charge on any atom is 0.343 e. The predicted octanol–water partition coefficient (Wildman–Crippen LogP) is 6.12. The van der Waals surface area contributed by atoms with Crippen LogP contribution in [-0.4, -0.2) is 18.0 Å². The van der Waals surface area contributed by atoms with Gasteiger partial charge in [0.2, 0.25) is 0 Å². The Hall–Kier alpha value is -1.69. The molecule has 4 rings (SSSR count). The molecule has 0 radical (unpaired) electrons. The zero-order valence-corrected chi connectivity index (χ0v) is 19.0. The van der Waals surface area contributed by atoms with E-state index in [1.807, 2.05) is 37.3 Å². The quantitative estimate of drug-likeness (QED) is 0.401. The Balaban J connectivity index is 0.00000225. The minimum absolute atomic E-state index is 0. The van der Waals surface area contributed by atoms with E-state index in [4.69, 9.17) is 4.42 Å². The van der Waals surface area contributed by atoms with E-state index in [2.05, 4.69) is 51.2 Å². The number of hydrogen-bond acceptors (Lipinski definition) is 3. The van der Waals surface area contributed by atoms with Gasteiger partial charge < -0.3 is 4.42 Å². The molecule has 0 bridgehead atoms. The highest BCUT2D eigenvalue weighted by Gasteiger charge is 2.23. The van der Waals surface area contributed by atoms with Crippen molar-refractivity contribution < 1.29 is 4.42 Å². The molecule has 28 heavy (non-hydrogen) atoms. The van der Waals surface area contributed by atoms with E-state index >= 15 is 0 Å². The van der Waals surface area contributed by atoms with Crippen LogP contribution in [0.15, 0.2) is 69.9 Å². The van der Waals surface area contributed by atoms with Crippen molar-refractivity contribution in [1.82, 2.24) is 4.90 Å². The molecule has 0 amide bonds. The van der Waals surface area contributed by atoms with E-state index in [0.29, 0.717) is 11.1 Å². The molecule has 0 fully saturated rings. The summed E-state index contributed by atoms with van der Waals surface area (Å²) < 4.78 is 5.73. The van der Waals surface area contributed by atoms with Gasteiger partial charge in [0.05, 0.1) is 10.2 Å². The predicted molar refractivity (Wildman–Crippen MR) is 124 cm³/mol. The molecule has 1 unspecified atom stereocenters. The van der Waals surface area contributed by atoms with Crippen molar-refractivity contribution in [3.8, 4) is 0 Å². The van der Waals surface area contributed by atoms with E-state index in [-0.39, 0.29) is 27.4 Å². The summed E-state index contributed by atoms with van der Waals surface area (Å²) in [4.78, 5) is 14.8. The molecule has 1 aliphatic heterocycles. The Kier molecular flexibility index (Phi) is 6.91. The molecule has 3 nitrogen and oxygen atoms in total. The first-order chi connectivity index (χ1) is 13.1. The second-order valence-corrected chi connectivity index (χ2v) is 8.38. The molecule has 1 atom stereocenters. The minimum atomic E-state index is -0.270. The molecule has 0 saturated heterocycles. The van der Waals surface area contributed by atoms with Gasteiger partial charge in [-0.1, -0.05) is 70.5 Å². The van der Waals surface area contributed by atoms with E-state index in [1.54, 1.807) is 0 Å². The lowest BCUT2D eigenvalue weighted by Crippen LogP contribution is -2.29. The van der Waals surface area contributed by atoms with Crippen LogP contribution >= 0.6 is 32.9 Å². The fourth-order valence-electron chi connectivity index (χ4n) is 3.79. The number of fused-ring (bicyclic) bond motifs is 1. The van der Waals surface area contributed by atoms with Crippen molar-refractivity contribution >= 4 is 49.3 Å². The monoisotopic (exact) mass is 503 g/mol. The third-order valence-corrected chi connectivity index (χ3v) is 5.44. The van der Waals surface area contributed by atoms with E-state index < -0.39 is 0 Å². The number of halogens is 2. The van der Waals surface area contributed by atoms with Crippen LogP contribution in [0.5, 0.6) is 0 Å². The van der Waals surface area contributed by atoms with Gasteiger partial charge in [0.15, 0.2) is 0 Å². The molecule has 0 N–H and O–H groups in total. The third-order valence-electron chi connectivity index (χ3n) is 5.03. The number of rotatable bonds is 4. The van der Waals surface area contributed by atoms with E-state index in [0.717, 1.165) is 37.0 Å². The van der Waals surface area contributed by atoms with Crippen molar-refractivity contribution in [1.29, 1.82) is 0 Å². The zero-order valence-electron chi connectivity index (χ0n) is 15.7. The van der Waals surface area contributed by atoms with Gasteiger partial charge in [-0.25, -0.2) is 4.79 Å². The first-order valence-corrected chi connectivity index (χ1v) is 10.2. The van der Waals surface area contributed by atoms with Crippen LogP contribution in [-0.2, 0) is 6.54 Å². The molecule has 3 aromatic rings. The maximum absolute atomic E-state index is 12.4. The smallest absolute Gasteiger partial charge is 0.343 e. The Morgan fingerprint density at radius 3 is 2.46 bits per heavy atom. The largest absolute Gasteiger partial charge is 0.426 e. The number of benzene rings is 2. The molecular weight excluding hydrogens is 482 g/mol. The Morgan fingerprint density at radius 1 is 1.07 bits per heavy atom. The zero-order chi connectivity index (χ0) is 18.8. The van der Waals surface area contributed by atoms with Gasteiger partial charge in [0.1, 0.15) is 5.76 Å². The molecule has 5 heteroatoms. The van der Waals surface area contributed by atoms with Crippen molar-refractivity contribution in [2.45, 2.75) is 24.7 Å². The van der Waals surface area contributed by atoms with Crippen LogP contribution in [0.2, 0.25) is 0 Å². The van der Waals surface area contributed by atoms with Crippen LogP contribution < -0.4 is 5.63 Å². The molecule has 2 heterocycles. The normalized spacial score (nSPS) is 15.7. The lowest BCUT2D eigenvalue weighted by atomic mass is 9.94. The standard InChI is InChI=1S/C23H22BrNO2.BrH/c1-16(24)22-21(19-11-5-6-12-20(19)23(26)27-22)18-10-7-13-25(15-18)14-17-8-3-2-4-9-17;/h2-6,8-12,16H,7,13-15H2,1H3;1H. The van der Waals surface area contributed by atoms with Crippen molar-refractivity contribution in [3.05, 3.63) is 88.0 Å². The van der Waals surface area contributed by atoms with Crippen LogP contribution in [0.3, 0.4) is 0 Å². The van der Waals surface area contributed by atoms with Gasteiger partial charge >= 0.3 is 5.63 Å². The van der Waals surface area contributed by atoms with Crippen LogP contribution in [0.1, 0.15) is 35.1 Å². The molecule has 0 saturated carbocycles. The maximum atomic E-state index is 12.4. The van der Waals surface area contributed by atoms with Crippen LogP contribution in [0.4, 0.5) is 0 Å². The second kappa shape index (κ2) is 9.21. The first-order valence-electron chi connectivity index (χ1n) is 9.29. The molecule has 1 aliphatic rings. The average molecular weight is 505 g/mol. The summed E-state index contributed by atoms with van der Waals surface area (Å²) in [7, 11) is 0. The molecule has 0 aliphatic carbocycles. The summed E-state index contributed by atoms with van der Waals surface area (Å²) in [6.45, 7) is 4.80. The second-order valence-electron chi connectivity index (χ2n) is 7.00. The van der Waals surface area contributed by atoms with Gasteiger partial charge in [-0.05, 0) is 35.9 Å². The number of nitrogens with zero attached hydrogens (tertiary/aromatic N) is 1.